The maximum absolute atomic E-state index is 10.6. The van der Waals surface area contributed by atoms with E-state index < -0.39 is 0 Å². The molecule has 0 aromatic heterocycles. The number of hydrogen-bond donors (Lipinski definition) is 2. The van der Waals surface area contributed by atoms with Crippen LogP contribution in [0.2, 0.25) is 0 Å². The standard InChI is InChI=1S/C25H20O2/c26-23-16-8-6-14-21(23)25(22-15-7-9-17-24(22)27)20-13-5-4-12-19(20)18-10-2-1-3-11-18/h1-17,25-27H. The molecular formula is C25H20O2. The van der Waals surface area contributed by atoms with Crippen LogP contribution in [0.4, 0.5) is 0 Å². The molecule has 27 heavy (non-hydrogen) atoms. The van der Waals surface area contributed by atoms with Crippen LogP contribution < -0.4 is 0 Å². The minimum Gasteiger partial charge on any atom is -0.508 e. The number of hydrogen-bond acceptors (Lipinski definition) is 2. The van der Waals surface area contributed by atoms with Crippen LogP contribution >= 0.6 is 0 Å². The van der Waals surface area contributed by atoms with Crippen LogP contribution in [0.15, 0.2) is 103 Å². The summed E-state index contributed by atoms with van der Waals surface area (Å²) in [6.45, 7) is 0. The molecule has 0 heterocycles. The van der Waals surface area contributed by atoms with Crippen molar-refractivity contribution in [1.29, 1.82) is 0 Å². The Morgan fingerprint density at radius 1 is 0.444 bits per heavy atom. The molecule has 0 radical (unpaired) electrons. The zero-order chi connectivity index (χ0) is 18.6. The molecule has 0 fully saturated rings. The summed E-state index contributed by atoms with van der Waals surface area (Å²) in [4.78, 5) is 0. The molecule has 0 aliphatic rings. The topological polar surface area (TPSA) is 40.5 Å². The van der Waals surface area contributed by atoms with Crippen molar-refractivity contribution in [3.63, 3.8) is 0 Å². The van der Waals surface area contributed by atoms with Crippen molar-refractivity contribution >= 4 is 0 Å². The van der Waals surface area contributed by atoms with Gasteiger partial charge in [0, 0.05) is 17.0 Å². The van der Waals surface area contributed by atoms with Crippen LogP contribution in [0, 0.1) is 0 Å². The number of phenols is 2. The maximum Gasteiger partial charge on any atom is 0.119 e. The number of benzene rings is 4. The Labute approximate surface area is 159 Å². The van der Waals surface area contributed by atoms with E-state index in [1.165, 1.54) is 0 Å². The van der Waals surface area contributed by atoms with Crippen LogP contribution in [-0.2, 0) is 0 Å². The SMILES string of the molecule is Oc1ccccc1C(c1ccccc1O)c1ccccc1-c1ccccc1. The van der Waals surface area contributed by atoms with Crippen molar-refractivity contribution in [3.8, 4) is 22.6 Å². The normalized spacial score (nSPS) is 10.9. The molecule has 0 bridgehead atoms. The van der Waals surface area contributed by atoms with E-state index in [0.29, 0.717) is 0 Å². The summed E-state index contributed by atoms with van der Waals surface area (Å²) in [6.07, 6.45) is 0. The number of phenolic OH excluding ortho intramolecular Hbond substituents is 2. The summed E-state index contributed by atoms with van der Waals surface area (Å²) in [5.74, 6) is 0.144. The minimum absolute atomic E-state index is 0.216. The predicted molar refractivity (Wildman–Crippen MR) is 109 cm³/mol. The van der Waals surface area contributed by atoms with Crippen LogP contribution in [0.1, 0.15) is 22.6 Å². The Balaban J connectivity index is 1.99. The van der Waals surface area contributed by atoms with Gasteiger partial charge in [-0.15, -0.1) is 0 Å². The van der Waals surface area contributed by atoms with Gasteiger partial charge in [-0.05, 0) is 28.8 Å². The van der Waals surface area contributed by atoms with E-state index in [-0.39, 0.29) is 17.4 Å². The highest BCUT2D eigenvalue weighted by Crippen LogP contribution is 2.43. The van der Waals surface area contributed by atoms with E-state index in [2.05, 4.69) is 24.3 Å². The lowest BCUT2D eigenvalue weighted by atomic mass is 9.80. The smallest absolute Gasteiger partial charge is 0.119 e. The van der Waals surface area contributed by atoms with Gasteiger partial charge >= 0.3 is 0 Å². The van der Waals surface area contributed by atoms with Crippen molar-refractivity contribution in [2.24, 2.45) is 0 Å². The molecule has 132 valence electrons. The van der Waals surface area contributed by atoms with Gasteiger partial charge in [-0.2, -0.15) is 0 Å². The van der Waals surface area contributed by atoms with Crippen LogP contribution in [0.25, 0.3) is 11.1 Å². The molecule has 0 saturated carbocycles. The molecule has 0 saturated heterocycles. The second kappa shape index (κ2) is 7.38. The number of para-hydroxylation sites is 2. The quantitative estimate of drug-likeness (QED) is 0.446. The maximum atomic E-state index is 10.6. The van der Waals surface area contributed by atoms with Gasteiger partial charge in [-0.3, -0.25) is 0 Å². The molecule has 2 N–H and O–H groups in total. The first kappa shape index (κ1) is 16.9. The largest absolute Gasteiger partial charge is 0.508 e. The van der Waals surface area contributed by atoms with E-state index in [1.54, 1.807) is 12.1 Å². The molecule has 0 amide bonds. The first-order valence-electron chi connectivity index (χ1n) is 8.96. The van der Waals surface area contributed by atoms with Crippen molar-refractivity contribution in [2.45, 2.75) is 5.92 Å². The van der Waals surface area contributed by atoms with Gasteiger partial charge in [-0.25, -0.2) is 0 Å². The first-order chi connectivity index (χ1) is 13.3. The zero-order valence-corrected chi connectivity index (χ0v) is 14.8. The lowest BCUT2D eigenvalue weighted by Crippen LogP contribution is -2.06. The molecule has 2 heteroatoms. The lowest BCUT2D eigenvalue weighted by Gasteiger charge is -2.23. The van der Waals surface area contributed by atoms with Gasteiger partial charge in [-0.1, -0.05) is 91.0 Å². The monoisotopic (exact) mass is 352 g/mol. The Morgan fingerprint density at radius 3 is 1.44 bits per heavy atom. The third-order valence-corrected chi connectivity index (χ3v) is 4.85. The van der Waals surface area contributed by atoms with E-state index >= 15 is 0 Å². The average Bonchev–Trinajstić information content (AvgIpc) is 2.72. The molecule has 0 atom stereocenters. The van der Waals surface area contributed by atoms with E-state index in [0.717, 1.165) is 27.8 Å². The Kier molecular flexibility index (Phi) is 4.63. The van der Waals surface area contributed by atoms with E-state index in [1.807, 2.05) is 66.7 Å². The Morgan fingerprint density at radius 2 is 0.889 bits per heavy atom. The van der Waals surface area contributed by atoms with Crippen LogP contribution in [-0.4, -0.2) is 10.2 Å². The van der Waals surface area contributed by atoms with Gasteiger partial charge in [0.2, 0.25) is 0 Å². The molecule has 4 aromatic rings. The van der Waals surface area contributed by atoms with Crippen molar-refractivity contribution in [1.82, 2.24) is 0 Å². The average molecular weight is 352 g/mol. The van der Waals surface area contributed by atoms with Crippen molar-refractivity contribution < 1.29 is 10.2 Å². The second-order valence-electron chi connectivity index (χ2n) is 6.50. The molecule has 0 spiro atoms. The molecule has 2 nitrogen and oxygen atoms in total. The highest BCUT2D eigenvalue weighted by atomic mass is 16.3. The molecule has 4 aromatic carbocycles. The summed E-state index contributed by atoms with van der Waals surface area (Å²) in [5, 5.41) is 21.1. The lowest BCUT2D eigenvalue weighted by molar-refractivity contribution is 0.459. The first-order valence-corrected chi connectivity index (χ1v) is 8.96. The van der Waals surface area contributed by atoms with Crippen molar-refractivity contribution in [3.05, 3.63) is 120 Å². The molecule has 0 unspecified atom stereocenters. The fraction of sp³-hybridized carbons (Fsp3) is 0.0400. The molecule has 0 aliphatic heterocycles. The third kappa shape index (κ3) is 3.30. The van der Waals surface area contributed by atoms with Crippen LogP contribution in [0.3, 0.4) is 0 Å². The summed E-state index contributed by atoms with van der Waals surface area (Å²) < 4.78 is 0. The minimum atomic E-state index is -0.288. The number of rotatable bonds is 4. The Bertz CT molecular complexity index is 1010. The molecular weight excluding hydrogens is 332 g/mol. The highest BCUT2D eigenvalue weighted by molar-refractivity contribution is 5.71. The summed E-state index contributed by atoms with van der Waals surface area (Å²) >= 11 is 0. The van der Waals surface area contributed by atoms with Gasteiger partial charge in [0.25, 0.3) is 0 Å². The highest BCUT2D eigenvalue weighted by Gasteiger charge is 2.24. The number of aromatic hydroxyl groups is 2. The van der Waals surface area contributed by atoms with E-state index in [9.17, 15) is 10.2 Å². The molecule has 4 rings (SSSR count). The Hall–Kier alpha value is -3.52. The van der Waals surface area contributed by atoms with E-state index in [4.69, 9.17) is 0 Å². The summed E-state index contributed by atoms with van der Waals surface area (Å²) in [7, 11) is 0. The fourth-order valence-electron chi connectivity index (χ4n) is 3.60. The second-order valence-corrected chi connectivity index (χ2v) is 6.50. The van der Waals surface area contributed by atoms with Gasteiger partial charge in [0.1, 0.15) is 11.5 Å². The zero-order valence-electron chi connectivity index (χ0n) is 14.8. The molecule has 0 aliphatic carbocycles. The summed E-state index contributed by atoms with van der Waals surface area (Å²) in [5.41, 5.74) is 4.75. The van der Waals surface area contributed by atoms with Crippen LogP contribution in [0.5, 0.6) is 11.5 Å². The van der Waals surface area contributed by atoms with Crippen molar-refractivity contribution in [2.75, 3.05) is 0 Å². The third-order valence-electron chi connectivity index (χ3n) is 4.85. The van der Waals surface area contributed by atoms with Gasteiger partial charge in [0.05, 0.1) is 0 Å². The summed E-state index contributed by atoms with van der Waals surface area (Å²) in [6, 6.07) is 33.0. The van der Waals surface area contributed by atoms with Gasteiger partial charge in [0.15, 0.2) is 0 Å². The fourth-order valence-corrected chi connectivity index (χ4v) is 3.60. The predicted octanol–water partition coefficient (Wildman–Crippen LogP) is 5.95. The van der Waals surface area contributed by atoms with Gasteiger partial charge < -0.3 is 10.2 Å².